The van der Waals surface area contributed by atoms with Crippen LogP contribution in [-0.2, 0) is 11.2 Å². The minimum atomic E-state index is 0.0880. The van der Waals surface area contributed by atoms with E-state index in [1.54, 1.807) is 0 Å². The second kappa shape index (κ2) is 5.55. The molecular weight excluding hydrogens is 310 g/mol. The van der Waals surface area contributed by atoms with Gasteiger partial charge in [-0.3, -0.25) is 9.59 Å². The van der Waals surface area contributed by atoms with Crippen molar-refractivity contribution >= 4 is 17.9 Å². The van der Waals surface area contributed by atoms with Crippen molar-refractivity contribution in [2.75, 3.05) is 4.90 Å². The number of anilines is 1. The molecule has 0 aromatic heterocycles. The quantitative estimate of drug-likeness (QED) is 0.781. The largest absolute Gasteiger partial charge is 0.309 e. The molecular formula is C22H21NO2. The van der Waals surface area contributed by atoms with Crippen LogP contribution in [0.4, 0.5) is 5.69 Å². The fourth-order valence-electron chi connectivity index (χ4n) is 5.50. The summed E-state index contributed by atoms with van der Waals surface area (Å²) in [5.74, 6) is 1.17. The van der Waals surface area contributed by atoms with Crippen LogP contribution in [0.15, 0.2) is 48.5 Å². The zero-order valence-electron chi connectivity index (χ0n) is 14.1. The molecule has 126 valence electrons. The summed E-state index contributed by atoms with van der Waals surface area (Å²) in [6.45, 7) is 0. The SMILES string of the molecule is O=Cc1ccc2c(c1)C1CCCC3C1C(C2)C(=O)N3c1ccccc1. The van der Waals surface area contributed by atoms with E-state index in [2.05, 4.69) is 29.2 Å². The molecule has 1 saturated carbocycles. The summed E-state index contributed by atoms with van der Waals surface area (Å²) in [5.41, 5.74) is 4.37. The number of hydrogen-bond donors (Lipinski definition) is 0. The average molecular weight is 331 g/mol. The third kappa shape index (κ3) is 2.11. The maximum absolute atomic E-state index is 13.3. The van der Waals surface area contributed by atoms with Crippen molar-refractivity contribution in [3.8, 4) is 0 Å². The molecule has 1 aliphatic heterocycles. The molecule has 0 N–H and O–H groups in total. The monoisotopic (exact) mass is 331 g/mol. The molecule has 2 aromatic rings. The molecule has 3 heteroatoms. The lowest BCUT2D eigenvalue weighted by atomic mass is 9.63. The summed E-state index contributed by atoms with van der Waals surface area (Å²) in [6, 6.07) is 16.4. The van der Waals surface area contributed by atoms with Crippen LogP contribution in [0.1, 0.15) is 46.7 Å². The maximum Gasteiger partial charge on any atom is 0.231 e. The second-order valence-electron chi connectivity index (χ2n) is 7.61. The van der Waals surface area contributed by atoms with Crippen LogP contribution < -0.4 is 4.90 Å². The van der Waals surface area contributed by atoms with Crippen LogP contribution in [0.2, 0.25) is 0 Å². The number of nitrogens with zero attached hydrogens (tertiary/aromatic N) is 1. The molecule has 2 fully saturated rings. The predicted molar refractivity (Wildman–Crippen MR) is 96.8 cm³/mol. The molecule has 4 unspecified atom stereocenters. The summed E-state index contributed by atoms with van der Waals surface area (Å²) < 4.78 is 0. The van der Waals surface area contributed by atoms with Crippen LogP contribution in [0, 0.1) is 11.8 Å². The van der Waals surface area contributed by atoms with Gasteiger partial charge in [0.05, 0.1) is 0 Å². The third-order valence-electron chi connectivity index (χ3n) is 6.45. The van der Waals surface area contributed by atoms with E-state index in [1.807, 2.05) is 24.3 Å². The lowest BCUT2D eigenvalue weighted by molar-refractivity contribution is -0.121. The molecule has 25 heavy (non-hydrogen) atoms. The topological polar surface area (TPSA) is 37.4 Å². The molecule has 1 heterocycles. The van der Waals surface area contributed by atoms with E-state index in [1.165, 1.54) is 11.1 Å². The van der Waals surface area contributed by atoms with Gasteiger partial charge >= 0.3 is 0 Å². The Morgan fingerprint density at radius 3 is 2.64 bits per heavy atom. The fraction of sp³-hybridized carbons (Fsp3) is 0.364. The highest BCUT2D eigenvalue weighted by atomic mass is 16.2. The maximum atomic E-state index is 13.3. The van der Waals surface area contributed by atoms with Crippen molar-refractivity contribution in [2.24, 2.45) is 11.8 Å². The fourth-order valence-corrected chi connectivity index (χ4v) is 5.50. The smallest absolute Gasteiger partial charge is 0.231 e. The Balaban J connectivity index is 1.61. The predicted octanol–water partition coefficient (Wildman–Crippen LogP) is 3.97. The highest BCUT2D eigenvalue weighted by Gasteiger charge is 2.55. The van der Waals surface area contributed by atoms with Crippen LogP contribution >= 0.6 is 0 Å². The molecule has 3 nitrogen and oxygen atoms in total. The molecule has 2 aromatic carbocycles. The number of carbonyl (C=O) groups is 2. The molecule has 4 atom stereocenters. The molecule has 0 bridgehead atoms. The van der Waals surface area contributed by atoms with Gasteiger partial charge in [-0.2, -0.15) is 0 Å². The lowest BCUT2D eigenvalue weighted by Gasteiger charge is -2.41. The lowest BCUT2D eigenvalue weighted by Crippen LogP contribution is -2.40. The third-order valence-corrected chi connectivity index (χ3v) is 6.45. The van der Waals surface area contributed by atoms with Gasteiger partial charge in [0.15, 0.2) is 0 Å². The van der Waals surface area contributed by atoms with Gasteiger partial charge in [-0.05, 0) is 60.4 Å². The van der Waals surface area contributed by atoms with E-state index in [-0.39, 0.29) is 5.92 Å². The molecule has 2 aliphatic carbocycles. The zero-order chi connectivity index (χ0) is 17.0. The molecule has 1 saturated heterocycles. The Morgan fingerprint density at radius 2 is 1.84 bits per heavy atom. The number of aldehydes is 1. The van der Waals surface area contributed by atoms with E-state index < -0.39 is 0 Å². The Hall–Kier alpha value is -2.42. The summed E-state index contributed by atoms with van der Waals surface area (Å²) in [7, 11) is 0. The van der Waals surface area contributed by atoms with Gasteiger partial charge < -0.3 is 4.90 Å². The first-order chi connectivity index (χ1) is 12.3. The van der Waals surface area contributed by atoms with Crippen LogP contribution in [0.25, 0.3) is 0 Å². The number of amides is 1. The Bertz CT molecular complexity index is 844. The molecule has 5 rings (SSSR count). The molecule has 1 amide bonds. The number of carbonyl (C=O) groups excluding carboxylic acids is 2. The van der Waals surface area contributed by atoms with Gasteiger partial charge in [0, 0.05) is 23.2 Å². The van der Waals surface area contributed by atoms with Crippen molar-refractivity contribution in [2.45, 2.75) is 37.6 Å². The van der Waals surface area contributed by atoms with Gasteiger partial charge in [-0.1, -0.05) is 36.8 Å². The Morgan fingerprint density at radius 1 is 1.00 bits per heavy atom. The number of rotatable bonds is 2. The van der Waals surface area contributed by atoms with Crippen molar-refractivity contribution in [3.05, 3.63) is 65.2 Å². The second-order valence-corrected chi connectivity index (χ2v) is 7.61. The van der Waals surface area contributed by atoms with Crippen molar-refractivity contribution < 1.29 is 9.59 Å². The summed E-state index contributed by atoms with van der Waals surface area (Å²) in [5, 5.41) is 0. The van der Waals surface area contributed by atoms with Gasteiger partial charge in [0.25, 0.3) is 0 Å². The van der Waals surface area contributed by atoms with E-state index in [9.17, 15) is 9.59 Å². The first-order valence-corrected chi connectivity index (χ1v) is 9.24. The molecule has 3 aliphatic rings. The Kier molecular flexibility index (Phi) is 3.30. The van der Waals surface area contributed by atoms with Crippen LogP contribution in [0.5, 0.6) is 0 Å². The van der Waals surface area contributed by atoms with Gasteiger partial charge in [-0.15, -0.1) is 0 Å². The van der Waals surface area contributed by atoms with Crippen molar-refractivity contribution in [1.82, 2.24) is 0 Å². The van der Waals surface area contributed by atoms with Crippen LogP contribution in [-0.4, -0.2) is 18.2 Å². The molecule has 0 radical (unpaired) electrons. The van der Waals surface area contributed by atoms with E-state index >= 15 is 0 Å². The minimum absolute atomic E-state index is 0.0880. The minimum Gasteiger partial charge on any atom is -0.309 e. The van der Waals surface area contributed by atoms with Gasteiger partial charge in [0.2, 0.25) is 5.91 Å². The number of benzene rings is 2. The molecule has 0 spiro atoms. The summed E-state index contributed by atoms with van der Waals surface area (Å²) in [6.07, 6.45) is 5.10. The first-order valence-electron chi connectivity index (χ1n) is 9.24. The van der Waals surface area contributed by atoms with Gasteiger partial charge in [-0.25, -0.2) is 0 Å². The van der Waals surface area contributed by atoms with E-state index in [0.29, 0.717) is 23.8 Å². The number of fused-ring (bicyclic) bond motifs is 2. The number of para-hydroxylation sites is 1. The van der Waals surface area contributed by atoms with E-state index in [4.69, 9.17) is 0 Å². The Labute approximate surface area is 147 Å². The van der Waals surface area contributed by atoms with E-state index in [0.717, 1.165) is 43.2 Å². The highest BCUT2D eigenvalue weighted by molar-refractivity contribution is 5.99. The zero-order valence-corrected chi connectivity index (χ0v) is 14.1. The average Bonchev–Trinajstić information content (AvgIpc) is 2.95. The van der Waals surface area contributed by atoms with Gasteiger partial charge in [0.1, 0.15) is 6.29 Å². The first kappa shape index (κ1) is 14.9. The highest BCUT2D eigenvalue weighted by Crippen LogP contribution is 2.54. The summed E-state index contributed by atoms with van der Waals surface area (Å²) in [4.78, 5) is 26.6. The summed E-state index contributed by atoms with van der Waals surface area (Å²) >= 11 is 0. The standard InChI is InChI=1S/C22H21NO2/c24-13-14-9-10-15-12-19-21-17(18(15)11-14)7-4-8-20(21)23(22(19)25)16-5-2-1-3-6-16/h1-3,5-6,9-11,13,17,19-21H,4,7-8,12H2. The normalized spacial score (nSPS) is 29.9. The van der Waals surface area contributed by atoms with Crippen molar-refractivity contribution in [1.29, 1.82) is 0 Å². The van der Waals surface area contributed by atoms with Crippen molar-refractivity contribution in [3.63, 3.8) is 0 Å². The number of hydrogen-bond acceptors (Lipinski definition) is 2. The van der Waals surface area contributed by atoms with Crippen LogP contribution in [0.3, 0.4) is 0 Å².